The molecule has 7 aliphatic rings. The Morgan fingerprint density at radius 2 is 1.07 bits per heavy atom. The molecule has 0 heterocycles. The van der Waals surface area contributed by atoms with Gasteiger partial charge in [0.25, 0.3) is 0 Å². The fourth-order valence-electron chi connectivity index (χ4n) is 14.3. The quantitative estimate of drug-likeness (QED) is 0.173. The van der Waals surface area contributed by atoms with Gasteiger partial charge >= 0.3 is 0 Å². The first-order chi connectivity index (χ1) is 28.7. The molecule has 1 heteroatoms. The third-order valence-corrected chi connectivity index (χ3v) is 16.5. The summed E-state index contributed by atoms with van der Waals surface area (Å²) in [5.74, 6) is 3.36. The number of rotatable bonds is 4. The Labute approximate surface area is 343 Å². The molecule has 5 unspecified atom stereocenters. The van der Waals surface area contributed by atoms with Crippen LogP contribution in [0.25, 0.3) is 44.2 Å². The minimum atomic E-state index is 0.0973. The van der Waals surface area contributed by atoms with Crippen LogP contribution in [0.1, 0.15) is 92.9 Å². The summed E-state index contributed by atoms with van der Waals surface area (Å²) in [6.45, 7) is 0. The second kappa shape index (κ2) is 12.6. The van der Waals surface area contributed by atoms with Crippen molar-refractivity contribution in [1.82, 2.24) is 0 Å². The molecule has 7 aromatic carbocycles. The zero-order valence-electron chi connectivity index (χ0n) is 33.5. The molecule has 4 bridgehead atoms. The minimum absolute atomic E-state index is 0.0973. The smallest absolute Gasteiger partial charge is 0.0468 e. The number of hydrogen-bond donors (Lipinski definition) is 0. The van der Waals surface area contributed by atoms with E-state index in [0.29, 0.717) is 0 Å². The van der Waals surface area contributed by atoms with E-state index in [1.165, 1.54) is 137 Å². The number of benzene rings is 7. The standard InChI is InChI=1S/C57H51N/c1-8-27-56(28-9-1)52-17-6-4-15-48(52)50-25-23-47(36-55(50)56)58(45-14-10-13-41(34-45)42-21-20-39-11-2-3-12-40(39)33-42)46-24-26-54-51(35-46)49-16-5-7-18-53(49)57(54)43-22-19-37-29-38(31-43)32-44(57)30-37/h2-7,10-18,20-21,23-26,33-38,43-44H,1,8-9,19,22,27-32H2. The second-order valence-corrected chi connectivity index (χ2v) is 19.2. The maximum Gasteiger partial charge on any atom is 0.0468 e. The highest BCUT2D eigenvalue weighted by Crippen LogP contribution is 2.68. The van der Waals surface area contributed by atoms with Crippen LogP contribution in [0.15, 0.2) is 152 Å². The summed E-state index contributed by atoms with van der Waals surface area (Å²) >= 11 is 0. The zero-order chi connectivity index (χ0) is 38.0. The first kappa shape index (κ1) is 33.6. The van der Waals surface area contributed by atoms with Crippen LogP contribution in [-0.4, -0.2) is 0 Å². The van der Waals surface area contributed by atoms with Gasteiger partial charge in [-0.25, -0.2) is 0 Å². The molecule has 0 aromatic heterocycles. The Balaban J connectivity index is 1.01. The van der Waals surface area contributed by atoms with Crippen LogP contribution in [0, 0.1) is 23.7 Å². The monoisotopic (exact) mass is 749 g/mol. The summed E-state index contributed by atoms with van der Waals surface area (Å²) in [7, 11) is 0. The topological polar surface area (TPSA) is 3.24 Å². The maximum absolute atomic E-state index is 2.61. The van der Waals surface area contributed by atoms with E-state index < -0.39 is 0 Å². The lowest BCUT2D eigenvalue weighted by Gasteiger charge is -2.53. The second-order valence-electron chi connectivity index (χ2n) is 19.2. The predicted octanol–water partition coefficient (Wildman–Crippen LogP) is 15.3. The van der Waals surface area contributed by atoms with E-state index in [-0.39, 0.29) is 10.8 Å². The van der Waals surface area contributed by atoms with E-state index in [1.807, 2.05) is 0 Å². The van der Waals surface area contributed by atoms with E-state index in [0.717, 1.165) is 23.7 Å². The molecule has 5 fully saturated rings. The average molecular weight is 750 g/mol. The van der Waals surface area contributed by atoms with Gasteiger partial charge in [-0.15, -0.1) is 0 Å². The largest absolute Gasteiger partial charge is 0.310 e. The normalized spacial score (nSPS) is 25.4. The Hall–Kier alpha value is -5.40. The van der Waals surface area contributed by atoms with E-state index in [2.05, 4.69) is 157 Å². The van der Waals surface area contributed by atoms with Crippen molar-refractivity contribution in [2.75, 3.05) is 4.90 Å². The summed E-state index contributed by atoms with van der Waals surface area (Å²) in [5, 5.41) is 2.57. The van der Waals surface area contributed by atoms with Crippen LogP contribution in [0.5, 0.6) is 0 Å². The molecule has 0 N–H and O–H groups in total. The zero-order valence-corrected chi connectivity index (χ0v) is 33.5. The van der Waals surface area contributed by atoms with Crippen molar-refractivity contribution in [2.24, 2.45) is 23.7 Å². The number of nitrogens with zero attached hydrogens (tertiary/aromatic N) is 1. The molecule has 5 saturated carbocycles. The van der Waals surface area contributed by atoms with Crippen molar-refractivity contribution >= 4 is 27.8 Å². The first-order valence-electron chi connectivity index (χ1n) is 22.6. The van der Waals surface area contributed by atoms with Crippen LogP contribution in [-0.2, 0) is 10.8 Å². The third kappa shape index (κ3) is 4.65. The van der Waals surface area contributed by atoms with Crippen LogP contribution in [0.4, 0.5) is 17.1 Å². The van der Waals surface area contributed by atoms with Crippen molar-refractivity contribution in [1.29, 1.82) is 0 Å². The highest BCUT2D eigenvalue weighted by molar-refractivity contribution is 5.91. The van der Waals surface area contributed by atoms with Crippen molar-refractivity contribution < 1.29 is 0 Å². The predicted molar refractivity (Wildman–Crippen MR) is 241 cm³/mol. The SMILES string of the molecule is c1cc(-c2ccc3ccccc3c2)cc(N(c2ccc3c(c2)-c2ccccc2C32C3CCC4CC(C3)CC2C4)c2ccc3c(c2)C2(CCCCC2)c2ccccc2-3)c1. The summed E-state index contributed by atoms with van der Waals surface area (Å²) < 4.78 is 0. The fraction of sp³-hybridized carbons (Fsp3) is 0.298. The van der Waals surface area contributed by atoms with Gasteiger partial charge in [0.05, 0.1) is 0 Å². The van der Waals surface area contributed by atoms with Gasteiger partial charge in [-0.05, 0) is 177 Å². The molecule has 0 amide bonds. The molecular formula is C57H51N. The van der Waals surface area contributed by atoms with Crippen LogP contribution in [0.3, 0.4) is 0 Å². The fourth-order valence-corrected chi connectivity index (χ4v) is 14.3. The van der Waals surface area contributed by atoms with Gasteiger partial charge in [-0.3, -0.25) is 0 Å². The molecule has 5 atom stereocenters. The molecule has 14 rings (SSSR count). The number of anilines is 3. The molecule has 0 aliphatic heterocycles. The maximum atomic E-state index is 2.61. The molecule has 0 radical (unpaired) electrons. The highest BCUT2D eigenvalue weighted by Gasteiger charge is 2.59. The highest BCUT2D eigenvalue weighted by atomic mass is 15.1. The van der Waals surface area contributed by atoms with Crippen LogP contribution >= 0.6 is 0 Å². The Morgan fingerprint density at radius 3 is 1.97 bits per heavy atom. The summed E-state index contributed by atoms with van der Waals surface area (Å²) in [5.41, 5.74) is 18.7. The van der Waals surface area contributed by atoms with E-state index in [4.69, 9.17) is 0 Å². The van der Waals surface area contributed by atoms with Crippen molar-refractivity contribution in [3.05, 3.63) is 174 Å². The van der Waals surface area contributed by atoms with Crippen molar-refractivity contribution in [2.45, 2.75) is 81.5 Å². The van der Waals surface area contributed by atoms with Gasteiger partial charge in [0.1, 0.15) is 0 Å². The van der Waals surface area contributed by atoms with Gasteiger partial charge < -0.3 is 4.90 Å². The molecule has 0 saturated heterocycles. The Kier molecular flexibility index (Phi) is 7.26. The lowest BCUT2D eigenvalue weighted by molar-refractivity contribution is 0.0618. The summed E-state index contributed by atoms with van der Waals surface area (Å²) in [6.07, 6.45) is 14.9. The van der Waals surface area contributed by atoms with Gasteiger partial charge in [-0.1, -0.05) is 135 Å². The molecular weight excluding hydrogens is 699 g/mol. The van der Waals surface area contributed by atoms with Crippen molar-refractivity contribution in [3.8, 4) is 33.4 Å². The summed E-state index contributed by atoms with van der Waals surface area (Å²) in [6, 6.07) is 59.2. The van der Waals surface area contributed by atoms with Crippen LogP contribution < -0.4 is 4.90 Å². The molecule has 284 valence electrons. The molecule has 58 heavy (non-hydrogen) atoms. The summed E-state index contributed by atoms with van der Waals surface area (Å²) in [4.78, 5) is 2.60. The van der Waals surface area contributed by atoms with Gasteiger partial charge in [0.2, 0.25) is 0 Å². The van der Waals surface area contributed by atoms with E-state index in [1.54, 1.807) is 16.7 Å². The molecule has 7 aromatic rings. The molecule has 7 aliphatic carbocycles. The Morgan fingerprint density at radius 1 is 0.397 bits per heavy atom. The first-order valence-corrected chi connectivity index (χ1v) is 22.6. The average Bonchev–Trinajstić information content (AvgIpc) is 3.60. The van der Waals surface area contributed by atoms with Crippen molar-refractivity contribution in [3.63, 3.8) is 0 Å². The molecule has 1 nitrogen and oxygen atoms in total. The van der Waals surface area contributed by atoms with Gasteiger partial charge in [0.15, 0.2) is 0 Å². The Bertz CT molecular complexity index is 2770. The number of hydrogen-bond acceptors (Lipinski definition) is 1. The lowest BCUT2D eigenvalue weighted by atomic mass is 9.51. The van der Waals surface area contributed by atoms with E-state index in [9.17, 15) is 0 Å². The number of fused-ring (bicyclic) bond motifs is 10. The third-order valence-electron chi connectivity index (χ3n) is 16.5. The van der Waals surface area contributed by atoms with Crippen LogP contribution in [0.2, 0.25) is 0 Å². The minimum Gasteiger partial charge on any atom is -0.310 e. The van der Waals surface area contributed by atoms with Gasteiger partial charge in [0, 0.05) is 27.9 Å². The van der Waals surface area contributed by atoms with E-state index >= 15 is 0 Å². The molecule has 2 spiro atoms. The van der Waals surface area contributed by atoms with Gasteiger partial charge in [-0.2, -0.15) is 0 Å². The lowest BCUT2D eigenvalue weighted by Crippen LogP contribution is -2.48.